The number of nitrogens with zero attached hydrogens (tertiary/aromatic N) is 2. The number of rotatable bonds is 7. The maximum absolute atomic E-state index is 15.1. The van der Waals surface area contributed by atoms with E-state index in [1.54, 1.807) is 0 Å². The Morgan fingerprint density at radius 3 is 2.47 bits per heavy atom. The molecule has 202 valence electrons. The second-order valence-electron chi connectivity index (χ2n) is 8.77. The number of aromatic nitrogens is 2. The summed E-state index contributed by atoms with van der Waals surface area (Å²) in [5.41, 5.74) is -4.02. The third kappa shape index (κ3) is 5.27. The number of carbonyl (C=O) groups excluding carboxylic acids is 1. The van der Waals surface area contributed by atoms with E-state index >= 15 is 4.39 Å². The van der Waals surface area contributed by atoms with Crippen LogP contribution in [0.3, 0.4) is 0 Å². The minimum Gasteiger partial charge on any atom is -0.490 e. The number of carbonyl (C=O) groups is 1. The smallest absolute Gasteiger partial charge is 0.435 e. The van der Waals surface area contributed by atoms with Gasteiger partial charge in [0.25, 0.3) is 11.8 Å². The molecule has 2 aromatic carbocycles. The van der Waals surface area contributed by atoms with Gasteiger partial charge < -0.3 is 19.9 Å². The molecule has 0 spiro atoms. The fourth-order valence-corrected chi connectivity index (χ4v) is 4.47. The minimum absolute atomic E-state index is 0.0314. The zero-order chi connectivity index (χ0) is 28.0. The number of anilines is 1. The number of amides is 1. The van der Waals surface area contributed by atoms with E-state index in [1.165, 1.54) is 42.7 Å². The van der Waals surface area contributed by atoms with E-state index in [4.69, 9.17) is 14.3 Å². The Balaban J connectivity index is 1.78. The number of nitrogens with one attached hydrogen (secondary N) is 2. The van der Waals surface area contributed by atoms with Crippen molar-refractivity contribution in [3.8, 4) is 17.4 Å². The number of methoxy groups -OCH3 is 1. The molecule has 0 bridgehead atoms. The van der Waals surface area contributed by atoms with Crippen molar-refractivity contribution < 1.29 is 41.1 Å². The highest BCUT2D eigenvalue weighted by atomic mass is 32.2. The molecule has 14 heteroatoms. The van der Waals surface area contributed by atoms with Crippen LogP contribution in [0.25, 0.3) is 0 Å². The minimum atomic E-state index is -4.95. The first kappa shape index (κ1) is 27.3. The van der Waals surface area contributed by atoms with Gasteiger partial charge in [0.1, 0.15) is 5.56 Å². The molecule has 4 rings (SSSR count). The number of alkyl halides is 3. The molecule has 0 saturated heterocycles. The molecule has 1 aliphatic rings. The predicted octanol–water partition coefficient (Wildman–Crippen LogP) is 5.01. The van der Waals surface area contributed by atoms with Crippen LogP contribution in [0.1, 0.15) is 40.0 Å². The molecule has 1 saturated carbocycles. The lowest BCUT2D eigenvalue weighted by Crippen LogP contribution is -2.21. The van der Waals surface area contributed by atoms with Crippen LogP contribution in [0.2, 0.25) is 0 Å². The average molecular weight is 555 g/mol. The first-order valence-corrected chi connectivity index (χ1v) is 13.0. The van der Waals surface area contributed by atoms with Crippen molar-refractivity contribution in [3.63, 3.8) is 0 Å². The van der Waals surface area contributed by atoms with Crippen molar-refractivity contribution in [1.82, 2.24) is 10.2 Å². The summed E-state index contributed by atoms with van der Waals surface area (Å²) >= 11 is 0. The lowest BCUT2D eigenvalue weighted by atomic mass is 10.1. The van der Waals surface area contributed by atoms with Gasteiger partial charge in [-0.1, -0.05) is 6.07 Å². The van der Waals surface area contributed by atoms with Gasteiger partial charge >= 0.3 is 6.18 Å². The van der Waals surface area contributed by atoms with Gasteiger partial charge in [-0.05, 0) is 55.7 Å². The summed E-state index contributed by atoms with van der Waals surface area (Å²) in [7, 11) is -2.01. The van der Waals surface area contributed by atoms with E-state index in [1.807, 2.05) is 0 Å². The zero-order valence-corrected chi connectivity index (χ0v) is 21.1. The molecule has 1 fully saturated rings. The summed E-state index contributed by atoms with van der Waals surface area (Å²) in [5, 5.41) is 19.3. The zero-order valence-electron chi connectivity index (χ0n) is 20.3. The standard InChI is InChI=1S/C24H22F4N4O5S/c1-12-17(21(33)30-13-5-4-6-14(11-13)38(3,29)35)22(32-31-20(12)24(26,27)28)37-16-8-7-15(23(34)9-10-23)18(25)19(16)36-2/h4-8,11,29,34H,9-10H2,1-3H3,(H,30,33). The fraction of sp³-hybridized carbons (Fsp3) is 0.292. The predicted molar refractivity (Wildman–Crippen MR) is 127 cm³/mol. The third-order valence-electron chi connectivity index (χ3n) is 5.92. The summed E-state index contributed by atoms with van der Waals surface area (Å²) in [6.45, 7) is 1.00. The topological polar surface area (TPSA) is 134 Å². The molecule has 38 heavy (non-hydrogen) atoms. The Hall–Kier alpha value is -3.78. The van der Waals surface area contributed by atoms with Gasteiger partial charge in [0.05, 0.1) is 22.4 Å². The quantitative estimate of drug-likeness (QED) is 0.350. The van der Waals surface area contributed by atoms with Crippen molar-refractivity contribution in [2.24, 2.45) is 0 Å². The number of halogens is 4. The summed E-state index contributed by atoms with van der Waals surface area (Å²) in [6, 6.07) is 7.95. The van der Waals surface area contributed by atoms with Crippen molar-refractivity contribution >= 4 is 21.3 Å². The Bertz CT molecular complexity index is 1540. The van der Waals surface area contributed by atoms with Gasteiger partial charge in [0.15, 0.2) is 23.0 Å². The van der Waals surface area contributed by atoms with Crippen molar-refractivity contribution in [2.45, 2.75) is 36.4 Å². The van der Waals surface area contributed by atoms with Crippen LogP contribution in [0.4, 0.5) is 23.2 Å². The Kier molecular flexibility index (Phi) is 6.82. The highest BCUT2D eigenvalue weighted by Crippen LogP contribution is 2.49. The van der Waals surface area contributed by atoms with Crippen LogP contribution in [0.5, 0.6) is 17.4 Å². The molecular weight excluding hydrogens is 532 g/mol. The molecule has 1 aromatic heterocycles. The van der Waals surface area contributed by atoms with E-state index < -0.39 is 61.7 Å². The fourth-order valence-electron chi connectivity index (χ4n) is 3.78. The number of ether oxygens (including phenoxy) is 2. The summed E-state index contributed by atoms with van der Waals surface area (Å²) in [5.74, 6) is -3.44. The van der Waals surface area contributed by atoms with Crippen molar-refractivity contribution in [3.05, 3.63) is 64.6 Å². The number of benzene rings is 2. The molecule has 3 N–H and O–H groups in total. The Morgan fingerprint density at radius 1 is 1.21 bits per heavy atom. The van der Waals surface area contributed by atoms with Gasteiger partial charge in [0, 0.05) is 22.4 Å². The molecular formula is C24H22F4N4O5S. The van der Waals surface area contributed by atoms with Crippen LogP contribution >= 0.6 is 0 Å². The van der Waals surface area contributed by atoms with Gasteiger partial charge in [-0.15, -0.1) is 10.2 Å². The van der Waals surface area contributed by atoms with E-state index in [9.17, 15) is 27.3 Å². The van der Waals surface area contributed by atoms with E-state index in [0.29, 0.717) is 12.8 Å². The summed E-state index contributed by atoms with van der Waals surface area (Å²) in [4.78, 5) is 13.3. The number of hydrogen-bond acceptors (Lipinski definition) is 8. The van der Waals surface area contributed by atoms with E-state index in [0.717, 1.165) is 14.0 Å². The second kappa shape index (κ2) is 9.51. The van der Waals surface area contributed by atoms with Crippen LogP contribution in [-0.2, 0) is 21.5 Å². The number of hydrogen-bond donors (Lipinski definition) is 3. The van der Waals surface area contributed by atoms with E-state index in [2.05, 4.69) is 15.5 Å². The van der Waals surface area contributed by atoms with Gasteiger partial charge in [-0.3, -0.25) is 4.79 Å². The van der Waals surface area contributed by atoms with Gasteiger partial charge in [-0.25, -0.2) is 13.4 Å². The van der Waals surface area contributed by atoms with Crippen LogP contribution in [0, 0.1) is 17.5 Å². The molecule has 3 aromatic rings. The molecule has 1 heterocycles. The lowest BCUT2D eigenvalue weighted by Gasteiger charge is -2.18. The van der Waals surface area contributed by atoms with Crippen molar-refractivity contribution in [1.29, 1.82) is 4.78 Å². The first-order chi connectivity index (χ1) is 17.7. The Labute approximate surface area is 214 Å². The lowest BCUT2D eigenvalue weighted by molar-refractivity contribution is -0.142. The number of aliphatic hydroxyl groups is 1. The van der Waals surface area contributed by atoms with Gasteiger partial charge in [0.2, 0.25) is 0 Å². The van der Waals surface area contributed by atoms with E-state index in [-0.39, 0.29) is 21.9 Å². The monoisotopic (exact) mass is 554 g/mol. The normalized spacial score (nSPS) is 15.9. The highest BCUT2D eigenvalue weighted by molar-refractivity contribution is 7.91. The van der Waals surface area contributed by atoms with Crippen LogP contribution in [0.15, 0.2) is 41.3 Å². The van der Waals surface area contributed by atoms with Crippen LogP contribution in [-0.4, -0.2) is 38.8 Å². The highest BCUT2D eigenvalue weighted by Gasteiger charge is 2.45. The molecule has 1 aliphatic carbocycles. The molecule has 1 unspecified atom stereocenters. The first-order valence-electron chi connectivity index (χ1n) is 11.0. The maximum Gasteiger partial charge on any atom is 0.435 e. The molecule has 1 amide bonds. The third-order valence-corrected chi connectivity index (χ3v) is 7.07. The average Bonchev–Trinajstić information content (AvgIpc) is 3.56. The molecule has 1 atom stereocenters. The maximum atomic E-state index is 15.1. The summed E-state index contributed by atoms with van der Waals surface area (Å²) < 4.78 is 86.2. The Morgan fingerprint density at radius 2 is 1.89 bits per heavy atom. The largest absolute Gasteiger partial charge is 0.490 e. The second-order valence-corrected chi connectivity index (χ2v) is 10.9. The molecule has 0 radical (unpaired) electrons. The molecule has 9 nitrogen and oxygen atoms in total. The SMILES string of the molecule is COc1c(Oc2nnc(C(F)(F)F)c(C)c2C(=O)Nc2cccc(S(C)(=N)=O)c2)ccc(C2(O)CC2)c1F. The van der Waals surface area contributed by atoms with Crippen molar-refractivity contribution in [2.75, 3.05) is 18.7 Å². The van der Waals surface area contributed by atoms with Gasteiger partial charge in [-0.2, -0.15) is 13.2 Å². The molecule has 0 aliphatic heterocycles. The summed E-state index contributed by atoms with van der Waals surface area (Å²) in [6.07, 6.45) is -3.09. The van der Waals surface area contributed by atoms with Crippen LogP contribution < -0.4 is 14.8 Å².